The van der Waals surface area contributed by atoms with Gasteiger partial charge in [-0.15, -0.1) is 21.5 Å². The van der Waals surface area contributed by atoms with Crippen LogP contribution in [-0.4, -0.2) is 39.2 Å². The minimum atomic E-state index is -0.888. The Hall–Kier alpha value is -4.64. The number of amides is 3. The average Bonchev–Trinajstić information content (AvgIpc) is 3.39. The van der Waals surface area contributed by atoms with Crippen LogP contribution in [-0.2, 0) is 16.2 Å². The van der Waals surface area contributed by atoms with E-state index in [0.29, 0.717) is 27.3 Å². The molecule has 0 spiro atoms. The van der Waals surface area contributed by atoms with E-state index in [9.17, 15) is 24.5 Å². The van der Waals surface area contributed by atoms with Crippen molar-refractivity contribution in [2.75, 3.05) is 11.9 Å². The predicted molar refractivity (Wildman–Crippen MR) is 131 cm³/mol. The molecule has 0 fully saturated rings. The molecule has 0 bridgehead atoms. The summed E-state index contributed by atoms with van der Waals surface area (Å²) in [6, 6.07) is 16.7. The molecule has 0 saturated heterocycles. The van der Waals surface area contributed by atoms with Gasteiger partial charge in [-0.05, 0) is 40.8 Å². The van der Waals surface area contributed by atoms with E-state index in [1.54, 1.807) is 60.9 Å². The number of thiophene rings is 1. The second kappa shape index (κ2) is 9.55. The van der Waals surface area contributed by atoms with Crippen molar-refractivity contribution in [3.63, 3.8) is 0 Å². The average molecular weight is 503 g/mol. The van der Waals surface area contributed by atoms with E-state index in [1.807, 2.05) is 12.1 Å². The maximum Gasteiger partial charge on any atom is 0.294 e. The Morgan fingerprint density at radius 1 is 1.08 bits per heavy atom. The van der Waals surface area contributed by atoms with Gasteiger partial charge in [0.1, 0.15) is 6.61 Å². The summed E-state index contributed by atoms with van der Waals surface area (Å²) in [7, 11) is 0. The zero-order valence-electron chi connectivity index (χ0n) is 18.6. The van der Waals surface area contributed by atoms with E-state index in [4.69, 9.17) is 0 Å². The molecule has 3 heterocycles. The van der Waals surface area contributed by atoms with Crippen molar-refractivity contribution in [3.8, 4) is 0 Å². The summed E-state index contributed by atoms with van der Waals surface area (Å²) in [4.78, 5) is 59.5. The highest BCUT2D eigenvalue weighted by atomic mass is 32.1. The van der Waals surface area contributed by atoms with Crippen LogP contribution in [0.4, 0.5) is 5.00 Å². The smallest absolute Gasteiger partial charge is 0.294 e. The fraction of sp³-hybridized carbons (Fsp3) is 0.120. The molecule has 2 aromatic heterocycles. The molecule has 11 heteroatoms. The van der Waals surface area contributed by atoms with E-state index in [0.717, 1.165) is 15.0 Å². The Bertz CT molecular complexity index is 1430. The summed E-state index contributed by atoms with van der Waals surface area (Å²) < 4.78 is 0.903. The first-order valence-corrected chi connectivity index (χ1v) is 11.7. The van der Waals surface area contributed by atoms with Gasteiger partial charge in [0, 0.05) is 18.9 Å². The first-order chi connectivity index (χ1) is 17.4. The van der Waals surface area contributed by atoms with Gasteiger partial charge < -0.3 is 10.2 Å². The van der Waals surface area contributed by atoms with Crippen LogP contribution in [0.15, 0.2) is 73.1 Å². The Morgan fingerprint density at radius 3 is 2.42 bits per heavy atom. The second-order valence-electron chi connectivity index (χ2n) is 8.07. The van der Waals surface area contributed by atoms with Crippen molar-refractivity contribution in [1.29, 1.82) is 0 Å². The third-order valence-electron chi connectivity index (χ3n) is 5.85. The van der Waals surface area contributed by atoms with Crippen molar-refractivity contribution in [2.24, 2.45) is 0 Å². The Morgan fingerprint density at radius 2 is 1.78 bits per heavy atom. The molecule has 3 amide bonds. The number of benzene rings is 2. The number of carbonyl (C=O) groups is 3. The first-order valence-electron chi connectivity index (χ1n) is 10.9. The van der Waals surface area contributed by atoms with Crippen molar-refractivity contribution in [1.82, 2.24) is 9.88 Å². The molecule has 1 aliphatic heterocycles. The standard InChI is InChI=1S/C25H18N4O6S/c30-23(27-22-11-17-9-10-26-12-21(17)36-22)20(16-7-5-15(6-8-16)14-35-29(33)34)13-28-24(31)18-3-1-2-4-19(18)25(28)32/h1-12,20H,13-14H2,(H,27,30)/t20-/m1/s1. The normalized spacial score (nSPS) is 13.5. The molecular formula is C25H18N4O6S. The van der Waals surface area contributed by atoms with Gasteiger partial charge in [0.15, 0.2) is 0 Å². The summed E-state index contributed by atoms with van der Waals surface area (Å²) in [5.41, 5.74) is 1.67. The van der Waals surface area contributed by atoms with Gasteiger partial charge in [-0.25, -0.2) is 0 Å². The number of carbonyl (C=O) groups excluding carboxylic acids is 3. The Kier molecular flexibility index (Phi) is 6.13. The maximum atomic E-state index is 13.5. The number of imide groups is 1. The molecule has 0 saturated carbocycles. The summed E-state index contributed by atoms with van der Waals surface area (Å²) in [6.07, 6.45) is 3.37. The second-order valence-corrected chi connectivity index (χ2v) is 9.15. The van der Waals surface area contributed by atoms with Gasteiger partial charge in [0.25, 0.3) is 16.9 Å². The van der Waals surface area contributed by atoms with E-state index in [1.165, 1.54) is 11.3 Å². The number of nitrogens with zero attached hydrogens (tertiary/aromatic N) is 3. The summed E-state index contributed by atoms with van der Waals surface area (Å²) in [5.74, 6) is -2.21. The van der Waals surface area contributed by atoms with Crippen LogP contribution >= 0.6 is 11.3 Å². The molecule has 180 valence electrons. The van der Waals surface area contributed by atoms with Gasteiger partial charge in [0.05, 0.1) is 26.7 Å². The van der Waals surface area contributed by atoms with Crippen molar-refractivity contribution in [2.45, 2.75) is 12.5 Å². The van der Waals surface area contributed by atoms with Gasteiger partial charge >= 0.3 is 0 Å². The number of fused-ring (bicyclic) bond motifs is 2. The molecule has 10 nitrogen and oxygen atoms in total. The van der Waals surface area contributed by atoms with E-state index >= 15 is 0 Å². The first kappa shape index (κ1) is 23.1. The molecule has 36 heavy (non-hydrogen) atoms. The third-order valence-corrected chi connectivity index (χ3v) is 6.85. The topological polar surface area (TPSA) is 132 Å². The van der Waals surface area contributed by atoms with Gasteiger partial charge in [-0.3, -0.25) is 24.3 Å². The number of pyridine rings is 1. The zero-order valence-corrected chi connectivity index (χ0v) is 19.4. The number of nitrogens with one attached hydrogen (secondary N) is 1. The lowest BCUT2D eigenvalue weighted by Crippen LogP contribution is -2.38. The Balaban J connectivity index is 1.43. The quantitative estimate of drug-likeness (QED) is 0.219. The molecule has 5 rings (SSSR count). The number of hydrogen-bond acceptors (Lipinski definition) is 8. The number of aromatic nitrogens is 1. The third kappa shape index (κ3) is 4.51. The van der Waals surface area contributed by atoms with Crippen molar-refractivity contribution >= 4 is 44.1 Å². The number of hydrogen-bond donors (Lipinski definition) is 1. The highest BCUT2D eigenvalue weighted by molar-refractivity contribution is 7.22. The highest BCUT2D eigenvalue weighted by Gasteiger charge is 2.38. The zero-order chi connectivity index (χ0) is 25.2. The summed E-state index contributed by atoms with van der Waals surface area (Å²) >= 11 is 1.36. The van der Waals surface area contributed by atoms with Crippen LogP contribution in [0, 0.1) is 10.1 Å². The molecule has 1 N–H and O–H groups in total. The van der Waals surface area contributed by atoms with Gasteiger partial charge in [-0.1, -0.05) is 36.4 Å². The molecule has 0 unspecified atom stereocenters. The molecule has 1 aliphatic rings. The van der Waals surface area contributed by atoms with Crippen LogP contribution in [0.2, 0.25) is 0 Å². The van der Waals surface area contributed by atoms with Crippen LogP contribution < -0.4 is 5.32 Å². The lowest BCUT2D eigenvalue weighted by Gasteiger charge is -2.22. The van der Waals surface area contributed by atoms with Crippen LogP contribution in [0.3, 0.4) is 0 Å². The van der Waals surface area contributed by atoms with E-state index < -0.39 is 28.7 Å². The van der Waals surface area contributed by atoms with Gasteiger partial charge in [0.2, 0.25) is 5.91 Å². The van der Waals surface area contributed by atoms with Crippen LogP contribution in [0.1, 0.15) is 37.8 Å². The lowest BCUT2D eigenvalue weighted by molar-refractivity contribution is -0.763. The molecule has 0 radical (unpaired) electrons. The number of rotatable bonds is 8. The van der Waals surface area contributed by atoms with Crippen LogP contribution in [0.25, 0.3) is 10.1 Å². The van der Waals surface area contributed by atoms with Gasteiger partial charge in [-0.2, -0.15) is 0 Å². The van der Waals surface area contributed by atoms with E-state index in [2.05, 4.69) is 15.1 Å². The van der Waals surface area contributed by atoms with Crippen LogP contribution in [0.5, 0.6) is 0 Å². The summed E-state index contributed by atoms with van der Waals surface area (Å²) in [6.45, 7) is -0.409. The molecule has 0 aliphatic carbocycles. The molecule has 1 atom stereocenters. The molecule has 2 aromatic carbocycles. The minimum Gasteiger partial charge on any atom is -0.317 e. The fourth-order valence-electron chi connectivity index (χ4n) is 4.06. The predicted octanol–water partition coefficient (Wildman–Crippen LogP) is 4.02. The fourth-order valence-corrected chi connectivity index (χ4v) is 4.99. The SMILES string of the molecule is O=C(Nc1cc2ccncc2s1)[C@H](CN1C(=O)c2ccccc2C1=O)c1ccc(CO[N+](=O)[O-])cc1. The monoisotopic (exact) mass is 502 g/mol. The Labute approximate surface area is 208 Å². The molecule has 4 aromatic rings. The van der Waals surface area contributed by atoms with E-state index in [-0.39, 0.29) is 13.2 Å². The maximum absolute atomic E-state index is 13.5. The number of anilines is 1. The largest absolute Gasteiger partial charge is 0.317 e. The summed E-state index contributed by atoms with van der Waals surface area (Å²) in [5, 5.41) is 14.0. The van der Waals surface area contributed by atoms with Crippen molar-refractivity contribution < 1.29 is 24.3 Å². The molecular weight excluding hydrogens is 484 g/mol. The minimum absolute atomic E-state index is 0.171. The lowest BCUT2D eigenvalue weighted by atomic mass is 9.96. The highest BCUT2D eigenvalue weighted by Crippen LogP contribution is 2.31. The van der Waals surface area contributed by atoms with Crippen molar-refractivity contribution in [3.05, 3.63) is 105 Å².